The van der Waals surface area contributed by atoms with Crippen LogP contribution in [-0.4, -0.2) is 26.1 Å². The third-order valence-electron chi connectivity index (χ3n) is 3.12. The van der Waals surface area contributed by atoms with Gasteiger partial charge in [0.05, 0.1) is 17.1 Å². The number of para-hydroxylation sites is 1. The van der Waals surface area contributed by atoms with Crippen molar-refractivity contribution in [1.29, 1.82) is 0 Å². The van der Waals surface area contributed by atoms with Gasteiger partial charge in [0, 0.05) is 5.39 Å². The fourth-order valence-corrected chi connectivity index (χ4v) is 2.30. The summed E-state index contributed by atoms with van der Waals surface area (Å²) in [5, 5.41) is 10.4. The van der Waals surface area contributed by atoms with Crippen molar-refractivity contribution in [2.24, 2.45) is 0 Å². The molecule has 1 amide bonds. The summed E-state index contributed by atoms with van der Waals surface area (Å²) < 4.78 is 0. The molecule has 2 N–H and O–H groups in total. The molecule has 0 fully saturated rings. The number of carbonyl (C=O) groups excluding carboxylic acids is 1. The summed E-state index contributed by atoms with van der Waals surface area (Å²) in [4.78, 5) is 20.7. The number of halogens is 1. The number of hydrogen-bond donors (Lipinski definition) is 2. The molecule has 2 heterocycles. The number of fused-ring (bicyclic) bond motifs is 1. The Morgan fingerprint density at radius 2 is 2.19 bits per heavy atom. The van der Waals surface area contributed by atoms with E-state index in [0.29, 0.717) is 16.9 Å². The molecule has 21 heavy (non-hydrogen) atoms. The molecule has 0 bridgehead atoms. The zero-order valence-electron chi connectivity index (χ0n) is 11.2. The first kappa shape index (κ1) is 13.5. The summed E-state index contributed by atoms with van der Waals surface area (Å²) in [7, 11) is 0. The molecule has 0 aliphatic heterocycles. The van der Waals surface area contributed by atoms with E-state index in [0.717, 1.165) is 5.39 Å². The van der Waals surface area contributed by atoms with Crippen molar-refractivity contribution in [2.45, 2.75) is 13.0 Å². The predicted octanol–water partition coefficient (Wildman–Crippen LogP) is 2.50. The fraction of sp³-hybridized carbons (Fsp3) is 0.143. The SMILES string of the molecule is CC(NC(=O)c1cc(Cl)nc2ccccc12)c1ncn[nH]1. The number of benzene rings is 1. The van der Waals surface area contributed by atoms with Gasteiger partial charge in [-0.3, -0.25) is 9.89 Å². The molecule has 3 rings (SSSR count). The average molecular weight is 302 g/mol. The summed E-state index contributed by atoms with van der Waals surface area (Å²) in [5.41, 5.74) is 1.17. The van der Waals surface area contributed by atoms with Gasteiger partial charge < -0.3 is 5.32 Å². The number of hydrogen-bond acceptors (Lipinski definition) is 4. The molecule has 1 aromatic carbocycles. The van der Waals surface area contributed by atoms with Crippen LogP contribution in [0.15, 0.2) is 36.7 Å². The van der Waals surface area contributed by atoms with Gasteiger partial charge in [-0.05, 0) is 19.1 Å². The maximum Gasteiger partial charge on any atom is 0.252 e. The molecule has 0 aliphatic rings. The lowest BCUT2D eigenvalue weighted by atomic mass is 10.1. The van der Waals surface area contributed by atoms with Crippen LogP contribution in [-0.2, 0) is 0 Å². The highest BCUT2D eigenvalue weighted by Crippen LogP contribution is 2.21. The quantitative estimate of drug-likeness (QED) is 0.728. The molecule has 0 saturated carbocycles. The molecule has 106 valence electrons. The second-order valence-corrected chi connectivity index (χ2v) is 4.96. The Kier molecular flexibility index (Phi) is 3.53. The molecule has 7 heteroatoms. The molecule has 1 atom stereocenters. The minimum absolute atomic E-state index is 0.237. The van der Waals surface area contributed by atoms with Crippen LogP contribution < -0.4 is 5.32 Å². The van der Waals surface area contributed by atoms with Crippen LogP contribution in [0.3, 0.4) is 0 Å². The van der Waals surface area contributed by atoms with Crippen LogP contribution in [0.1, 0.15) is 29.1 Å². The van der Waals surface area contributed by atoms with Crippen LogP contribution >= 0.6 is 11.6 Å². The molecule has 0 radical (unpaired) electrons. The third kappa shape index (κ3) is 2.71. The smallest absolute Gasteiger partial charge is 0.252 e. The lowest BCUT2D eigenvalue weighted by Crippen LogP contribution is -2.27. The Bertz CT molecular complexity index is 787. The maximum absolute atomic E-state index is 12.5. The molecular formula is C14H12ClN5O. The van der Waals surface area contributed by atoms with Crippen LogP contribution in [0.25, 0.3) is 10.9 Å². The number of nitrogens with one attached hydrogen (secondary N) is 2. The van der Waals surface area contributed by atoms with Crippen LogP contribution in [0, 0.1) is 0 Å². The number of pyridine rings is 1. The topological polar surface area (TPSA) is 83.6 Å². The van der Waals surface area contributed by atoms with Crippen molar-refractivity contribution in [2.75, 3.05) is 0 Å². The van der Waals surface area contributed by atoms with Crippen molar-refractivity contribution in [3.63, 3.8) is 0 Å². The van der Waals surface area contributed by atoms with Gasteiger partial charge in [-0.15, -0.1) is 0 Å². The van der Waals surface area contributed by atoms with Gasteiger partial charge in [-0.2, -0.15) is 5.10 Å². The highest BCUT2D eigenvalue weighted by atomic mass is 35.5. The maximum atomic E-state index is 12.5. The molecule has 0 aliphatic carbocycles. The van der Waals surface area contributed by atoms with Gasteiger partial charge in [-0.25, -0.2) is 9.97 Å². The van der Waals surface area contributed by atoms with Gasteiger partial charge in [0.1, 0.15) is 17.3 Å². The van der Waals surface area contributed by atoms with E-state index in [2.05, 4.69) is 25.5 Å². The number of aromatic nitrogens is 4. The van der Waals surface area contributed by atoms with Crippen LogP contribution in [0.4, 0.5) is 0 Å². The summed E-state index contributed by atoms with van der Waals surface area (Å²) in [6.07, 6.45) is 1.40. The van der Waals surface area contributed by atoms with Gasteiger partial charge in [0.15, 0.2) is 0 Å². The Morgan fingerprint density at radius 1 is 1.38 bits per heavy atom. The first-order valence-corrected chi connectivity index (χ1v) is 6.74. The Hall–Kier alpha value is -2.47. The molecule has 2 aromatic heterocycles. The second kappa shape index (κ2) is 5.49. The lowest BCUT2D eigenvalue weighted by Gasteiger charge is -2.12. The van der Waals surface area contributed by atoms with E-state index in [4.69, 9.17) is 11.6 Å². The zero-order valence-corrected chi connectivity index (χ0v) is 11.9. The van der Waals surface area contributed by atoms with E-state index < -0.39 is 0 Å². The highest BCUT2D eigenvalue weighted by molar-refractivity contribution is 6.30. The summed E-state index contributed by atoms with van der Waals surface area (Å²) >= 11 is 5.98. The number of nitrogens with zero attached hydrogens (tertiary/aromatic N) is 3. The van der Waals surface area contributed by atoms with Crippen molar-refractivity contribution in [3.05, 3.63) is 53.2 Å². The minimum atomic E-state index is -0.286. The van der Waals surface area contributed by atoms with Gasteiger partial charge >= 0.3 is 0 Å². The monoisotopic (exact) mass is 301 g/mol. The average Bonchev–Trinajstić information content (AvgIpc) is 3.00. The van der Waals surface area contributed by atoms with E-state index in [1.165, 1.54) is 6.33 Å². The largest absolute Gasteiger partial charge is 0.342 e. The molecule has 6 nitrogen and oxygen atoms in total. The standard InChI is InChI=1S/C14H12ClN5O/c1-8(13-16-7-17-20-13)18-14(21)10-6-12(15)19-11-5-3-2-4-9(10)11/h2-8H,1H3,(H,18,21)(H,16,17,20). The summed E-state index contributed by atoms with van der Waals surface area (Å²) in [6, 6.07) is 8.64. The van der Waals surface area contributed by atoms with Crippen LogP contribution in [0.2, 0.25) is 5.15 Å². The molecule has 3 aromatic rings. The highest BCUT2D eigenvalue weighted by Gasteiger charge is 2.16. The number of H-pyrrole nitrogens is 1. The molecule has 0 saturated heterocycles. The molecule has 0 spiro atoms. The van der Waals surface area contributed by atoms with Gasteiger partial charge in [0.2, 0.25) is 0 Å². The van der Waals surface area contributed by atoms with Crippen molar-refractivity contribution in [3.8, 4) is 0 Å². The molecule has 1 unspecified atom stereocenters. The number of carbonyl (C=O) groups is 1. The first-order valence-electron chi connectivity index (χ1n) is 6.36. The van der Waals surface area contributed by atoms with Crippen molar-refractivity contribution >= 4 is 28.4 Å². The van der Waals surface area contributed by atoms with E-state index in [9.17, 15) is 4.79 Å². The van der Waals surface area contributed by atoms with E-state index in [1.54, 1.807) is 6.07 Å². The Morgan fingerprint density at radius 3 is 2.95 bits per heavy atom. The van der Waals surface area contributed by atoms with E-state index in [1.807, 2.05) is 31.2 Å². The summed E-state index contributed by atoms with van der Waals surface area (Å²) in [6.45, 7) is 1.82. The van der Waals surface area contributed by atoms with Crippen molar-refractivity contribution in [1.82, 2.24) is 25.5 Å². The normalized spacial score (nSPS) is 12.3. The number of amides is 1. The van der Waals surface area contributed by atoms with Crippen molar-refractivity contribution < 1.29 is 4.79 Å². The minimum Gasteiger partial charge on any atom is -0.342 e. The first-order chi connectivity index (χ1) is 10.1. The van der Waals surface area contributed by atoms with E-state index in [-0.39, 0.29) is 17.1 Å². The Balaban J connectivity index is 1.94. The van der Waals surface area contributed by atoms with E-state index >= 15 is 0 Å². The Labute approximate surface area is 125 Å². The number of aromatic amines is 1. The van der Waals surface area contributed by atoms with Gasteiger partial charge in [-0.1, -0.05) is 29.8 Å². The fourth-order valence-electron chi connectivity index (χ4n) is 2.10. The second-order valence-electron chi connectivity index (χ2n) is 4.58. The number of rotatable bonds is 3. The van der Waals surface area contributed by atoms with Gasteiger partial charge in [0.25, 0.3) is 5.91 Å². The predicted molar refractivity (Wildman–Crippen MR) is 79.0 cm³/mol. The lowest BCUT2D eigenvalue weighted by molar-refractivity contribution is 0.0940. The zero-order chi connectivity index (χ0) is 14.8. The summed E-state index contributed by atoms with van der Waals surface area (Å²) in [5.74, 6) is 0.354. The van der Waals surface area contributed by atoms with Crippen LogP contribution in [0.5, 0.6) is 0 Å². The molecular weight excluding hydrogens is 290 g/mol. The third-order valence-corrected chi connectivity index (χ3v) is 3.31.